The molecule has 0 spiro atoms. The third-order valence-electron chi connectivity index (χ3n) is 2.96. The van der Waals surface area contributed by atoms with Gasteiger partial charge in [0.1, 0.15) is 0 Å². The van der Waals surface area contributed by atoms with Crippen LogP contribution >= 0.6 is 11.6 Å². The summed E-state index contributed by atoms with van der Waals surface area (Å²) in [5.41, 5.74) is 0.902. The molecule has 1 unspecified atom stereocenters. The van der Waals surface area contributed by atoms with E-state index in [9.17, 15) is 4.79 Å². The molecule has 0 saturated carbocycles. The van der Waals surface area contributed by atoms with Crippen molar-refractivity contribution in [2.45, 2.75) is 26.4 Å². The van der Waals surface area contributed by atoms with Crippen molar-refractivity contribution in [1.29, 1.82) is 0 Å². The molecule has 1 aromatic carbocycles. The maximum atomic E-state index is 12.0. The lowest BCUT2D eigenvalue weighted by atomic mass is 10.1. The van der Waals surface area contributed by atoms with Crippen LogP contribution in [-0.4, -0.2) is 9.55 Å². The van der Waals surface area contributed by atoms with Crippen molar-refractivity contribution in [1.82, 2.24) is 9.55 Å². The maximum absolute atomic E-state index is 12.0. The smallest absolute Gasteiger partial charge is 0.293 e. The van der Waals surface area contributed by atoms with Gasteiger partial charge in [-0.15, -0.1) is 0 Å². The van der Waals surface area contributed by atoms with Crippen LogP contribution in [0, 0.1) is 0 Å². The van der Waals surface area contributed by atoms with Crippen molar-refractivity contribution in [3.8, 4) is 0 Å². The Morgan fingerprint density at radius 2 is 2.26 bits per heavy atom. The molecule has 0 aliphatic heterocycles. The van der Waals surface area contributed by atoms with Gasteiger partial charge in [-0.2, -0.15) is 0 Å². The van der Waals surface area contributed by atoms with Gasteiger partial charge in [-0.25, -0.2) is 4.98 Å². The summed E-state index contributed by atoms with van der Waals surface area (Å²) in [6, 6.07) is 7.51. The summed E-state index contributed by atoms with van der Waals surface area (Å²) in [7, 11) is 0. The summed E-state index contributed by atoms with van der Waals surface area (Å²) in [5, 5.41) is 3.80. The van der Waals surface area contributed by atoms with Gasteiger partial charge in [0.05, 0.1) is 6.04 Å². The monoisotopic (exact) mass is 277 g/mol. The SMILES string of the molecule is CCn1ccnc(NC(C)c2cccc(Cl)c2)c1=O. The van der Waals surface area contributed by atoms with Crippen LogP contribution in [0.1, 0.15) is 25.5 Å². The average Bonchev–Trinajstić information content (AvgIpc) is 2.41. The molecule has 1 atom stereocenters. The predicted molar refractivity (Wildman–Crippen MR) is 77.7 cm³/mol. The highest BCUT2D eigenvalue weighted by Gasteiger charge is 2.10. The topological polar surface area (TPSA) is 46.9 Å². The molecule has 1 aromatic heterocycles. The van der Waals surface area contributed by atoms with Gasteiger partial charge in [0.15, 0.2) is 5.82 Å². The number of nitrogens with zero attached hydrogens (tertiary/aromatic N) is 2. The Bertz CT molecular complexity index is 624. The molecular weight excluding hydrogens is 262 g/mol. The zero-order chi connectivity index (χ0) is 13.8. The molecule has 1 N–H and O–H groups in total. The van der Waals surface area contributed by atoms with Gasteiger partial charge in [-0.1, -0.05) is 23.7 Å². The number of aryl methyl sites for hydroxylation is 1. The van der Waals surface area contributed by atoms with Crippen LogP contribution in [0.2, 0.25) is 5.02 Å². The van der Waals surface area contributed by atoms with Crippen LogP contribution < -0.4 is 10.9 Å². The molecule has 0 amide bonds. The zero-order valence-corrected chi connectivity index (χ0v) is 11.7. The Hall–Kier alpha value is -1.81. The second-order valence-electron chi connectivity index (χ2n) is 4.29. The number of hydrogen-bond acceptors (Lipinski definition) is 3. The van der Waals surface area contributed by atoms with E-state index >= 15 is 0 Å². The normalized spacial score (nSPS) is 12.2. The van der Waals surface area contributed by atoms with Gasteiger partial charge in [0.25, 0.3) is 5.56 Å². The number of anilines is 1. The first kappa shape index (κ1) is 13.6. The molecule has 0 aliphatic rings. The van der Waals surface area contributed by atoms with Crippen LogP contribution in [0.4, 0.5) is 5.82 Å². The molecule has 4 nitrogen and oxygen atoms in total. The number of aromatic nitrogens is 2. The number of nitrogens with one attached hydrogen (secondary N) is 1. The first-order chi connectivity index (χ1) is 9.11. The Labute approximate surface area is 117 Å². The van der Waals surface area contributed by atoms with Crippen molar-refractivity contribution in [2.24, 2.45) is 0 Å². The summed E-state index contributed by atoms with van der Waals surface area (Å²) < 4.78 is 1.61. The molecule has 5 heteroatoms. The largest absolute Gasteiger partial charge is 0.359 e. The summed E-state index contributed by atoms with van der Waals surface area (Å²) in [6.45, 7) is 4.52. The van der Waals surface area contributed by atoms with E-state index in [2.05, 4.69) is 10.3 Å². The van der Waals surface area contributed by atoms with Crippen LogP contribution in [0.3, 0.4) is 0 Å². The first-order valence-electron chi connectivity index (χ1n) is 6.19. The quantitative estimate of drug-likeness (QED) is 0.934. The first-order valence-corrected chi connectivity index (χ1v) is 6.57. The highest BCUT2D eigenvalue weighted by Crippen LogP contribution is 2.19. The van der Waals surface area contributed by atoms with Gasteiger partial charge < -0.3 is 9.88 Å². The van der Waals surface area contributed by atoms with E-state index in [1.807, 2.05) is 38.1 Å². The fourth-order valence-electron chi connectivity index (χ4n) is 1.86. The lowest BCUT2D eigenvalue weighted by Crippen LogP contribution is -2.24. The second-order valence-corrected chi connectivity index (χ2v) is 4.72. The fraction of sp³-hybridized carbons (Fsp3) is 0.286. The van der Waals surface area contributed by atoms with Gasteiger partial charge in [-0.3, -0.25) is 4.79 Å². The van der Waals surface area contributed by atoms with Crippen molar-refractivity contribution >= 4 is 17.4 Å². The molecule has 0 bridgehead atoms. The minimum Gasteiger partial charge on any atom is -0.359 e. The molecule has 2 aromatic rings. The lowest BCUT2D eigenvalue weighted by Gasteiger charge is -2.15. The van der Waals surface area contributed by atoms with Crippen molar-refractivity contribution in [3.05, 3.63) is 57.6 Å². The molecule has 1 heterocycles. The van der Waals surface area contributed by atoms with Gasteiger partial charge >= 0.3 is 0 Å². The third kappa shape index (κ3) is 3.15. The second kappa shape index (κ2) is 5.89. The van der Waals surface area contributed by atoms with E-state index in [1.165, 1.54) is 0 Å². The van der Waals surface area contributed by atoms with Crippen LogP contribution in [-0.2, 0) is 6.54 Å². The highest BCUT2D eigenvalue weighted by atomic mass is 35.5. The fourth-order valence-corrected chi connectivity index (χ4v) is 2.06. The van der Waals surface area contributed by atoms with Crippen LogP contribution in [0.15, 0.2) is 41.5 Å². The van der Waals surface area contributed by atoms with Crippen molar-refractivity contribution in [3.63, 3.8) is 0 Å². The third-order valence-corrected chi connectivity index (χ3v) is 3.19. The number of rotatable bonds is 4. The average molecular weight is 278 g/mol. The molecular formula is C14H16ClN3O. The highest BCUT2D eigenvalue weighted by molar-refractivity contribution is 6.30. The molecule has 0 aliphatic carbocycles. The van der Waals surface area contributed by atoms with E-state index in [1.54, 1.807) is 17.0 Å². The van der Waals surface area contributed by atoms with E-state index in [0.717, 1.165) is 5.56 Å². The Balaban J connectivity index is 2.24. The zero-order valence-electron chi connectivity index (χ0n) is 10.9. The van der Waals surface area contributed by atoms with Crippen molar-refractivity contribution in [2.75, 3.05) is 5.32 Å². The Morgan fingerprint density at radius 3 is 2.95 bits per heavy atom. The standard InChI is InChI=1S/C14H16ClN3O/c1-3-18-8-7-16-13(14(18)19)17-10(2)11-5-4-6-12(15)9-11/h4-10H,3H2,1-2H3,(H,16,17). The number of benzene rings is 1. The van der Waals surface area contributed by atoms with Crippen molar-refractivity contribution < 1.29 is 0 Å². The van der Waals surface area contributed by atoms with E-state index in [-0.39, 0.29) is 11.6 Å². The Morgan fingerprint density at radius 1 is 1.47 bits per heavy atom. The summed E-state index contributed by atoms with van der Waals surface area (Å²) in [6.07, 6.45) is 3.30. The van der Waals surface area contributed by atoms with E-state index in [4.69, 9.17) is 11.6 Å². The summed E-state index contributed by atoms with van der Waals surface area (Å²) >= 11 is 5.96. The Kier molecular flexibility index (Phi) is 4.22. The minimum absolute atomic E-state index is 0.0355. The molecule has 0 radical (unpaired) electrons. The van der Waals surface area contributed by atoms with Crippen LogP contribution in [0.5, 0.6) is 0 Å². The maximum Gasteiger partial charge on any atom is 0.293 e. The van der Waals surface area contributed by atoms with E-state index < -0.39 is 0 Å². The molecule has 0 fully saturated rings. The van der Waals surface area contributed by atoms with Crippen LogP contribution in [0.25, 0.3) is 0 Å². The van der Waals surface area contributed by atoms with E-state index in [0.29, 0.717) is 17.4 Å². The van der Waals surface area contributed by atoms with Gasteiger partial charge in [-0.05, 0) is 31.5 Å². The lowest BCUT2D eigenvalue weighted by molar-refractivity contribution is 0.714. The van der Waals surface area contributed by atoms with Gasteiger partial charge in [0, 0.05) is 24.0 Å². The summed E-state index contributed by atoms with van der Waals surface area (Å²) in [4.78, 5) is 16.1. The number of halogens is 1. The number of hydrogen-bond donors (Lipinski definition) is 1. The molecule has 0 saturated heterocycles. The predicted octanol–water partition coefficient (Wildman–Crippen LogP) is 3.09. The van der Waals surface area contributed by atoms with Gasteiger partial charge in [0.2, 0.25) is 0 Å². The molecule has 2 rings (SSSR count). The molecule has 100 valence electrons. The molecule has 19 heavy (non-hydrogen) atoms. The summed E-state index contributed by atoms with van der Waals surface area (Å²) in [5.74, 6) is 0.358. The minimum atomic E-state index is -0.112.